The Balaban J connectivity index is 1.73. The minimum Gasteiger partial charge on any atom is -0.497 e. The number of carbonyl (C=O) groups is 1. The number of para-hydroxylation sites is 2. The van der Waals surface area contributed by atoms with Crippen LogP contribution in [0.25, 0.3) is 11.0 Å². The molecule has 0 aliphatic carbocycles. The lowest BCUT2D eigenvalue weighted by Crippen LogP contribution is -2.45. The first-order valence-electron chi connectivity index (χ1n) is 9.82. The second-order valence-corrected chi connectivity index (χ2v) is 7.20. The van der Waals surface area contributed by atoms with E-state index >= 15 is 0 Å². The van der Waals surface area contributed by atoms with Crippen LogP contribution in [0.4, 0.5) is 11.5 Å². The van der Waals surface area contributed by atoms with E-state index in [4.69, 9.17) is 14.5 Å². The molecule has 2 heterocycles. The average molecular weight is 407 g/mol. The Morgan fingerprint density at radius 3 is 2.33 bits per heavy atom. The fourth-order valence-electron chi connectivity index (χ4n) is 3.48. The summed E-state index contributed by atoms with van der Waals surface area (Å²) >= 11 is 0. The molecule has 3 aromatic rings. The van der Waals surface area contributed by atoms with Crippen molar-refractivity contribution in [2.75, 3.05) is 57.7 Å². The van der Waals surface area contributed by atoms with E-state index in [9.17, 15) is 4.79 Å². The highest BCUT2D eigenvalue weighted by Gasteiger charge is 2.24. The van der Waals surface area contributed by atoms with Crippen LogP contribution in [0.3, 0.4) is 0 Å². The summed E-state index contributed by atoms with van der Waals surface area (Å²) < 4.78 is 10.7. The Morgan fingerprint density at radius 2 is 1.67 bits per heavy atom. The van der Waals surface area contributed by atoms with E-state index in [1.54, 1.807) is 32.4 Å². The first-order chi connectivity index (χ1) is 14.6. The normalized spacial score (nSPS) is 14.6. The van der Waals surface area contributed by atoms with E-state index in [1.807, 2.05) is 24.3 Å². The van der Waals surface area contributed by atoms with E-state index in [0.717, 1.165) is 31.7 Å². The first kappa shape index (κ1) is 19.9. The molecule has 1 aliphatic rings. The van der Waals surface area contributed by atoms with Crippen LogP contribution in [0.1, 0.15) is 10.5 Å². The maximum Gasteiger partial charge on any atom is 0.278 e. The van der Waals surface area contributed by atoms with Crippen molar-refractivity contribution in [1.82, 2.24) is 14.9 Å². The SMILES string of the molecule is COc1ccc(OC)c(NC(=O)c2nc3ccccc3nc2N2CCN(C)CC2)c1. The Morgan fingerprint density at radius 1 is 0.967 bits per heavy atom. The number of likely N-dealkylation sites (N-methyl/N-ethyl adjacent to an activating group) is 1. The summed E-state index contributed by atoms with van der Waals surface area (Å²) in [6.07, 6.45) is 0. The molecule has 1 N–H and O–H groups in total. The first-order valence-corrected chi connectivity index (χ1v) is 9.82. The van der Waals surface area contributed by atoms with Gasteiger partial charge in [0.15, 0.2) is 11.5 Å². The van der Waals surface area contributed by atoms with Gasteiger partial charge < -0.3 is 24.6 Å². The number of piperazine rings is 1. The van der Waals surface area contributed by atoms with E-state index in [0.29, 0.717) is 34.2 Å². The number of carbonyl (C=O) groups excluding carboxylic acids is 1. The number of nitrogens with one attached hydrogen (secondary N) is 1. The van der Waals surface area contributed by atoms with E-state index in [-0.39, 0.29) is 5.91 Å². The number of benzene rings is 2. The molecule has 0 atom stereocenters. The molecule has 0 radical (unpaired) electrons. The molecule has 1 amide bonds. The second-order valence-electron chi connectivity index (χ2n) is 7.20. The van der Waals surface area contributed by atoms with Crippen LogP contribution in [-0.2, 0) is 0 Å². The lowest BCUT2D eigenvalue weighted by Gasteiger charge is -2.33. The van der Waals surface area contributed by atoms with Crippen molar-refractivity contribution in [2.45, 2.75) is 0 Å². The molecule has 0 saturated carbocycles. The number of amides is 1. The fourth-order valence-corrected chi connectivity index (χ4v) is 3.48. The Hall–Kier alpha value is -3.39. The van der Waals surface area contributed by atoms with Crippen LogP contribution in [0.15, 0.2) is 42.5 Å². The van der Waals surface area contributed by atoms with Gasteiger partial charge in [0, 0.05) is 32.2 Å². The number of nitrogens with zero attached hydrogens (tertiary/aromatic N) is 4. The molecule has 0 bridgehead atoms. The van der Waals surface area contributed by atoms with Crippen LogP contribution in [0.2, 0.25) is 0 Å². The standard InChI is InChI=1S/C22H25N5O3/c1-26-10-12-27(13-11-26)21-20(23-16-6-4-5-7-17(16)24-21)22(28)25-18-14-15(29-2)8-9-19(18)30-3/h4-9,14H,10-13H2,1-3H3,(H,25,28). The third kappa shape index (κ3) is 3.99. The van der Waals surface area contributed by atoms with Gasteiger partial charge >= 0.3 is 0 Å². The molecule has 0 spiro atoms. The molecule has 2 aromatic carbocycles. The molecule has 0 unspecified atom stereocenters. The van der Waals surface area contributed by atoms with Gasteiger partial charge in [-0.3, -0.25) is 4.79 Å². The summed E-state index contributed by atoms with van der Waals surface area (Å²) in [5, 5.41) is 2.92. The maximum atomic E-state index is 13.3. The lowest BCUT2D eigenvalue weighted by atomic mass is 10.2. The monoisotopic (exact) mass is 407 g/mol. The highest BCUT2D eigenvalue weighted by molar-refractivity contribution is 6.08. The average Bonchev–Trinajstić information content (AvgIpc) is 2.78. The summed E-state index contributed by atoms with van der Waals surface area (Å²) in [6, 6.07) is 12.8. The van der Waals surface area contributed by atoms with Crippen LogP contribution in [0, 0.1) is 0 Å². The van der Waals surface area contributed by atoms with Crippen LogP contribution in [-0.4, -0.2) is 68.2 Å². The molecular formula is C22H25N5O3. The summed E-state index contributed by atoms with van der Waals surface area (Å²) in [4.78, 5) is 27.1. The molecule has 4 rings (SSSR count). The second kappa shape index (κ2) is 8.54. The minimum absolute atomic E-state index is 0.295. The number of hydrogen-bond acceptors (Lipinski definition) is 7. The number of rotatable bonds is 5. The highest BCUT2D eigenvalue weighted by Crippen LogP contribution is 2.30. The Bertz CT molecular complexity index is 1060. The van der Waals surface area contributed by atoms with Gasteiger partial charge in [-0.2, -0.15) is 0 Å². The van der Waals surface area contributed by atoms with Crippen LogP contribution < -0.4 is 19.7 Å². The molecule has 1 fully saturated rings. The Kier molecular flexibility index (Phi) is 5.67. The van der Waals surface area contributed by atoms with E-state index in [2.05, 4.69) is 27.1 Å². The van der Waals surface area contributed by atoms with Gasteiger partial charge in [0.2, 0.25) is 0 Å². The fraction of sp³-hybridized carbons (Fsp3) is 0.318. The van der Waals surface area contributed by atoms with E-state index < -0.39 is 0 Å². The lowest BCUT2D eigenvalue weighted by molar-refractivity contribution is 0.102. The van der Waals surface area contributed by atoms with Gasteiger partial charge in [-0.25, -0.2) is 9.97 Å². The minimum atomic E-state index is -0.339. The molecule has 30 heavy (non-hydrogen) atoms. The summed E-state index contributed by atoms with van der Waals surface area (Å²) in [6.45, 7) is 3.37. The molecule has 1 aliphatic heterocycles. The zero-order valence-corrected chi connectivity index (χ0v) is 17.4. The number of anilines is 2. The van der Waals surface area contributed by atoms with Crippen molar-refractivity contribution in [3.05, 3.63) is 48.2 Å². The molecule has 1 aromatic heterocycles. The third-order valence-electron chi connectivity index (χ3n) is 5.22. The van der Waals surface area contributed by atoms with Crippen molar-refractivity contribution in [3.63, 3.8) is 0 Å². The van der Waals surface area contributed by atoms with Crippen molar-refractivity contribution >= 4 is 28.4 Å². The van der Waals surface area contributed by atoms with Gasteiger partial charge in [0.25, 0.3) is 5.91 Å². The van der Waals surface area contributed by atoms with Crippen LogP contribution in [0.5, 0.6) is 11.5 Å². The van der Waals surface area contributed by atoms with Crippen molar-refractivity contribution in [2.24, 2.45) is 0 Å². The van der Waals surface area contributed by atoms with Gasteiger partial charge in [-0.05, 0) is 31.3 Å². The quantitative estimate of drug-likeness (QED) is 0.696. The summed E-state index contributed by atoms with van der Waals surface area (Å²) in [7, 11) is 5.22. The predicted octanol–water partition coefficient (Wildman–Crippen LogP) is 2.65. The number of methoxy groups -OCH3 is 2. The highest BCUT2D eigenvalue weighted by atomic mass is 16.5. The Labute approximate surface area is 175 Å². The van der Waals surface area contributed by atoms with Crippen molar-refractivity contribution in [1.29, 1.82) is 0 Å². The topological polar surface area (TPSA) is 79.8 Å². The maximum absolute atomic E-state index is 13.3. The van der Waals surface area contributed by atoms with E-state index in [1.165, 1.54) is 0 Å². The number of aromatic nitrogens is 2. The third-order valence-corrected chi connectivity index (χ3v) is 5.22. The molecule has 156 valence electrons. The van der Waals surface area contributed by atoms with Gasteiger partial charge in [0.1, 0.15) is 11.5 Å². The number of fused-ring (bicyclic) bond motifs is 1. The van der Waals surface area contributed by atoms with Crippen molar-refractivity contribution < 1.29 is 14.3 Å². The molecular weight excluding hydrogens is 382 g/mol. The molecule has 1 saturated heterocycles. The zero-order chi connectivity index (χ0) is 21.1. The number of ether oxygens (including phenoxy) is 2. The largest absolute Gasteiger partial charge is 0.497 e. The zero-order valence-electron chi connectivity index (χ0n) is 17.4. The molecule has 8 nitrogen and oxygen atoms in total. The van der Waals surface area contributed by atoms with Crippen molar-refractivity contribution in [3.8, 4) is 11.5 Å². The van der Waals surface area contributed by atoms with Gasteiger partial charge in [0.05, 0.1) is 30.9 Å². The van der Waals surface area contributed by atoms with Gasteiger partial charge in [-0.1, -0.05) is 12.1 Å². The summed E-state index contributed by atoms with van der Waals surface area (Å²) in [5.41, 5.74) is 2.25. The summed E-state index contributed by atoms with van der Waals surface area (Å²) in [5.74, 6) is 1.42. The molecule has 8 heteroatoms. The smallest absolute Gasteiger partial charge is 0.278 e. The van der Waals surface area contributed by atoms with Gasteiger partial charge in [-0.15, -0.1) is 0 Å². The van der Waals surface area contributed by atoms with Crippen LogP contribution >= 0.6 is 0 Å². The number of hydrogen-bond donors (Lipinski definition) is 1. The predicted molar refractivity (Wildman–Crippen MR) is 117 cm³/mol.